The number of hydrogen-bond donors (Lipinski definition) is 1. The van der Waals surface area contributed by atoms with Gasteiger partial charge < -0.3 is 9.84 Å². The van der Waals surface area contributed by atoms with Crippen LogP contribution in [0.15, 0.2) is 11.6 Å². The van der Waals surface area contributed by atoms with Gasteiger partial charge in [0.25, 0.3) is 0 Å². The molecule has 3 heteroatoms. The number of rotatable bonds is 1. The maximum absolute atomic E-state index is 12.0. The second-order valence-corrected chi connectivity index (χ2v) is 10.5. The minimum absolute atomic E-state index is 0.181. The first-order chi connectivity index (χ1) is 12.6. The zero-order chi connectivity index (χ0) is 17.7. The van der Waals surface area contributed by atoms with Crippen LogP contribution >= 0.6 is 0 Å². The minimum atomic E-state index is 0.181. The van der Waals surface area contributed by atoms with Gasteiger partial charge in [-0.2, -0.15) is 0 Å². The zero-order valence-corrected chi connectivity index (χ0v) is 16.0. The topological polar surface area (TPSA) is 46.5 Å². The number of carbonyl (C=O) groups is 1. The van der Waals surface area contributed by atoms with Crippen molar-refractivity contribution < 1.29 is 14.6 Å². The highest BCUT2D eigenvalue weighted by molar-refractivity contribution is 5.91. The molecule has 5 fully saturated rings. The summed E-state index contributed by atoms with van der Waals surface area (Å²) >= 11 is 0. The number of carbonyl (C=O) groups excluding carboxylic acids is 1. The molecule has 1 aliphatic heterocycles. The van der Waals surface area contributed by atoms with Crippen molar-refractivity contribution in [3.63, 3.8) is 0 Å². The fraction of sp³-hybridized carbons (Fsp3) is 0.870. The van der Waals surface area contributed by atoms with Crippen molar-refractivity contribution in [2.75, 3.05) is 13.2 Å². The lowest BCUT2D eigenvalue weighted by Crippen LogP contribution is -2.55. The van der Waals surface area contributed by atoms with Gasteiger partial charge >= 0.3 is 0 Å². The molecule has 6 aliphatic rings. The molecule has 0 aromatic rings. The van der Waals surface area contributed by atoms with E-state index in [9.17, 15) is 9.90 Å². The van der Waals surface area contributed by atoms with Gasteiger partial charge in [-0.15, -0.1) is 0 Å². The second kappa shape index (κ2) is 5.23. The molecule has 0 aromatic heterocycles. The van der Waals surface area contributed by atoms with E-state index in [-0.39, 0.29) is 23.9 Å². The minimum Gasteiger partial charge on any atom is -0.396 e. The molecule has 1 saturated heterocycles. The van der Waals surface area contributed by atoms with E-state index in [0.29, 0.717) is 11.3 Å². The van der Waals surface area contributed by atoms with Crippen LogP contribution in [-0.2, 0) is 9.53 Å². The van der Waals surface area contributed by atoms with Crippen LogP contribution in [0.5, 0.6) is 0 Å². The summed E-state index contributed by atoms with van der Waals surface area (Å²) < 4.78 is 6.58. The maximum Gasteiger partial charge on any atom is 0.155 e. The van der Waals surface area contributed by atoms with Crippen LogP contribution in [0.1, 0.15) is 58.3 Å². The summed E-state index contributed by atoms with van der Waals surface area (Å²) in [7, 11) is 0. The highest BCUT2D eigenvalue weighted by atomic mass is 16.5. The standard InChI is InChI=1S/C23H32O3/c1-22-7-5-16-15-4-3-14(25)10-17(15)13(12-24)9-18(16)21(22)19-11-20(19)23(22)6-2-8-26-23/h10,13,15-16,18-21,24H,2-9,11-12H2,1H3/t13?,15-,16?,18?,19?,20?,21?,22+,23+/m1/s1. The normalized spacial score (nSPS) is 57.2. The lowest BCUT2D eigenvalue weighted by atomic mass is 9.47. The Labute approximate surface area is 156 Å². The monoisotopic (exact) mass is 356 g/mol. The molecule has 1 spiro atoms. The van der Waals surface area contributed by atoms with Gasteiger partial charge in [-0.25, -0.2) is 0 Å². The van der Waals surface area contributed by atoms with E-state index >= 15 is 0 Å². The molecule has 9 atom stereocenters. The third-order valence-electron chi connectivity index (χ3n) is 9.89. The first-order valence-corrected chi connectivity index (χ1v) is 11.1. The van der Waals surface area contributed by atoms with Crippen LogP contribution in [-0.4, -0.2) is 29.7 Å². The molecule has 26 heavy (non-hydrogen) atoms. The summed E-state index contributed by atoms with van der Waals surface area (Å²) in [6.07, 6.45) is 11.3. The van der Waals surface area contributed by atoms with Gasteiger partial charge in [0.05, 0.1) is 5.60 Å². The van der Waals surface area contributed by atoms with E-state index in [2.05, 4.69) is 6.92 Å². The molecule has 0 bridgehead atoms. The Hall–Kier alpha value is -0.670. The van der Waals surface area contributed by atoms with Crippen LogP contribution in [0.25, 0.3) is 0 Å². The Bertz CT molecular complexity index is 675. The van der Waals surface area contributed by atoms with Gasteiger partial charge in [0.1, 0.15) is 0 Å². The second-order valence-electron chi connectivity index (χ2n) is 10.5. The third-order valence-corrected chi connectivity index (χ3v) is 9.89. The first-order valence-electron chi connectivity index (χ1n) is 11.1. The molecule has 1 heterocycles. The largest absolute Gasteiger partial charge is 0.396 e. The smallest absolute Gasteiger partial charge is 0.155 e. The summed E-state index contributed by atoms with van der Waals surface area (Å²) in [6.45, 7) is 3.75. The van der Waals surface area contributed by atoms with E-state index in [4.69, 9.17) is 4.74 Å². The van der Waals surface area contributed by atoms with Crippen LogP contribution in [0, 0.1) is 46.8 Å². The van der Waals surface area contributed by atoms with Crippen LogP contribution in [0.3, 0.4) is 0 Å². The molecule has 0 amide bonds. The van der Waals surface area contributed by atoms with Gasteiger partial charge in [0, 0.05) is 31.0 Å². The number of aliphatic hydroxyl groups excluding tert-OH is 1. The van der Waals surface area contributed by atoms with Crippen molar-refractivity contribution in [1.82, 2.24) is 0 Å². The van der Waals surface area contributed by atoms with Gasteiger partial charge in [-0.3, -0.25) is 4.79 Å². The number of ether oxygens (including phenoxy) is 1. The molecule has 6 rings (SSSR count). The number of ketones is 1. The fourth-order valence-corrected chi connectivity index (χ4v) is 9.02. The molecule has 4 saturated carbocycles. The summed E-state index contributed by atoms with van der Waals surface area (Å²) in [5.41, 5.74) is 1.84. The molecular weight excluding hydrogens is 324 g/mol. The average Bonchev–Trinajstić information content (AvgIpc) is 3.19. The van der Waals surface area contributed by atoms with Gasteiger partial charge in [-0.1, -0.05) is 12.5 Å². The van der Waals surface area contributed by atoms with E-state index < -0.39 is 0 Å². The van der Waals surface area contributed by atoms with Crippen LogP contribution < -0.4 is 0 Å². The number of fused-ring (bicyclic) bond motifs is 9. The zero-order valence-electron chi connectivity index (χ0n) is 16.0. The molecule has 3 nitrogen and oxygen atoms in total. The van der Waals surface area contributed by atoms with Crippen molar-refractivity contribution in [2.24, 2.45) is 46.8 Å². The molecule has 1 N–H and O–H groups in total. The van der Waals surface area contributed by atoms with Crippen LogP contribution in [0.2, 0.25) is 0 Å². The molecule has 0 aromatic carbocycles. The molecular formula is C23H32O3. The van der Waals surface area contributed by atoms with E-state index in [1.54, 1.807) is 0 Å². The number of hydrogen-bond acceptors (Lipinski definition) is 3. The lowest BCUT2D eigenvalue weighted by Gasteiger charge is -2.58. The Kier molecular flexibility index (Phi) is 3.28. The third kappa shape index (κ3) is 1.80. The van der Waals surface area contributed by atoms with Crippen molar-refractivity contribution in [2.45, 2.75) is 63.9 Å². The van der Waals surface area contributed by atoms with Crippen molar-refractivity contribution in [3.05, 3.63) is 11.6 Å². The number of aliphatic hydroxyl groups is 1. The van der Waals surface area contributed by atoms with Crippen molar-refractivity contribution >= 4 is 5.78 Å². The molecule has 6 unspecified atom stereocenters. The lowest BCUT2D eigenvalue weighted by molar-refractivity contribution is -0.150. The van der Waals surface area contributed by atoms with Crippen molar-refractivity contribution in [1.29, 1.82) is 0 Å². The van der Waals surface area contributed by atoms with Gasteiger partial charge in [0.15, 0.2) is 5.78 Å². The Morgan fingerprint density at radius 1 is 1.19 bits per heavy atom. The average molecular weight is 357 g/mol. The SMILES string of the molecule is C[C@]12CCC3C(CC(CO)C4=CC(=O)CC[C@@H]43)C1C1CC1[C@@]21CCCO1. The quantitative estimate of drug-likeness (QED) is 0.778. The summed E-state index contributed by atoms with van der Waals surface area (Å²) in [5.74, 6) is 5.04. The van der Waals surface area contributed by atoms with E-state index in [1.807, 2.05) is 6.08 Å². The fourth-order valence-electron chi connectivity index (χ4n) is 9.02. The predicted molar refractivity (Wildman–Crippen MR) is 98.3 cm³/mol. The van der Waals surface area contributed by atoms with E-state index in [1.165, 1.54) is 37.7 Å². The summed E-state index contributed by atoms with van der Waals surface area (Å²) in [4.78, 5) is 12.0. The molecule has 142 valence electrons. The summed E-state index contributed by atoms with van der Waals surface area (Å²) in [6, 6.07) is 0. The Morgan fingerprint density at radius 2 is 2.08 bits per heavy atom. The summed E-state index contributed by atoms with van der Waals surface area (Å²) in [5, 5.41) is 10.1. The Balaban J connectivity index is 1.39. The highest BCUT2D eigenvalue weighted by Crippen LogP contribution is 2.78. The maximum atomic E-state index is 12.0. The first kappa shape index (κ1) is 16.3. The van der Waals surface area contributed by atoms with Crippen molar-refractivity contribution in [3.8, 4) is 0 Å². The molecule has 5 aliphatic carbocycles. The Morgan fingerprint density at radius 3 is 2.85 bits per heavy atom. The molecule has 0 radical (unpaired) electrons. The van der Waals surface area contributed by atoms with E-state index in [0.717, 1.165) is 55.5 Å². The highest BCUT2D eigenvalue weighted by Gasteiger charge is 2.77. The van der Waals surface area contributed by atoms with Gasteiger partial charge in [0.2, 0.25) is 0 Å². The predicted octanol–water partition coefficient (Wildman–Crippen LogP) is 3.75. The van der Waals surface area contributed by atoms with Crippen LogP contribution in [0.4, 0.5) is 0 Å². The van der Waals surface area contributed by atoms with Gasteiger partial charge in [-0.05, 0) is 86.5 Å².